The number of alkyl halides is 4. The van der Waals surface area contributed by atoms with Gasteiger partial charge in [0.15, 0.2) is 12.2 Å². The number of methoxy groups -OCH3 is 3. The van der Waals surface area contributed by atoms with Gasteiger partial charge in [0.1, 0.15) is 28.8 Å². The Bertz CT molecular complexity index is 3580. The third-order valence-corrected chi connectivity index (χ3v) is 21.1. The van der Waals surface area contributed by atoms with Crippen molar-refractivity contribution in [2.75, 3.05) is 45.6 Å². The second-order valence-electron chi connectivity index (χ2n) is 31.3. The minimum Gasteiger partial charge on any atom is -0.870 e. The smallest absolute Gasteiger partial charge is 0.870 e. The van der Waals surface area contributed by atoms with Crippen molar-refractivity contribution in [3.8, 4) is 0 Å². The van der Waals surface area contributed by atoms with Gasteiger partial charge in [0, 0.05) is 83.0 Å². The number of aliphatic imine (C=N–C) groups is 2. The number of carbonyl (C=O) groups excluding carboxylic acids is 9. The van der Waals surface area contributed by atoms with Crippen molar-refractivity contribution in [1.29, 1.82) is 0 Å². The van der Waals surface area contributed by atoms with Crippen LogP contribution in [0.4, 0.5) is 8.78 Å². The number of aliphatic hydroxyl groups is 2. The molecular formula is C91H151Cl4F2N2NaO31S2+2. The van der Waals surface area contributed by atoms with Crippen LogP contribution >= 0.6 is 44.6 Å². The van der Waals surface area contributed by atoms with Crippen LogP contribution in [0.3, 0.4) is 0 Å². The van der Waals surface area contributed by atoms with E-state index in [4.69, 9.17) is 71.5 Å². The zero-order valence-corrected chi connectivity index (χ0v) is 87.1. The summed E-state index contributed by atoms with van der Waals surface area (Å²) in [5.41, 5.74) is -2.09. The maximum Gasteiger partial charge on any atom is 1.00 e. The van der Waals surface area contributed by atoms with E-state index >= 15 is 0 Å². The van der Waals surface area contributed by atoms with E-state index in [1.54, 1.807) is 0 Å². The summed E-state index contributed by atoms with van der Waals surface area (Å²) in [5, 5.41) is 42.8. The quantitative estimate of drug-likeness (QED) is 0.00453. The van der Waals surface area contributed by atoms with Gasteiger partial charge in [-0.05, 0) is 182 Å². The second-order valence-corrected chi connectivity index (χ2v) is 36.2. The van der Waals surface area contributed by atoms with Gasteiger partial charge in [-0.3, -0.25) is 28.8 Å². The van der Waals surface area contributed by atoms with E-state index < -0.39 is 133 Å². The molecule has 33 nitrogen and oxygen atoms in total. The summed E-state index contributed by atoms with van der Waals surface area (Å²) in [6, 6.07) is 3.26. The number of carboxylic acid groups (broad SMARTS) is 3. The van der Waals surface area contributed by atoms with Crippen molar-refractivity contribution in [2.24, 2.45) is 9.98 Å². The van der Waals surface area contributed by atoms with Gasteiger partial charge in [-0.1, -0.05) is 101 Å². The molecule has 1 unspecified atom stereocenters. The predicted molar refractivity (Wildman–Crippen MR) is 504 cm³/mol. The number of aliphatic hydroxyl groups excluding tert-OH is 1. The first kappa shape index (κ1) is 146. The molecule has 42 heteroatoms. The van der Waals surface area contributed by atoms with E-state index in [0.717, 1.165) is 167 Å². The topological polar surface area (TPSA) is 518 Å². The molecule has 133 heavy (non-hydrogen) atoms. The molecule has 6 fully saturated rings. The molecule has 0 bridgehead atoms. The van der Waals surface area contributed by atoms with E-state index in [-0.39, 0.29) is 151 Å². The molecule has 0 aliphatic heterocycles. The number of hydrogen-bond acceptors (Lipinski definition) is 30. The normalized spacial score (nSPS) is 16.1. The molecule has 6 saturated carbocycles. The van der Waals surface area contributed by atoms with Crippen LogP contribution in [0, 0.1) is 21.3 Å². The zero-order valence-electron chi connectivity index (χ0n) is 80.4. The van der Waals surface area contributed by atoms with E-state index in [2.05, 4.69) is 109 Å². The van der Waals surface area contributed by atoms with Crippen LogP contribution in [0.5, 0.6) is 0 Å². The molecule has 6 N–H and O–H groups in total. The number of carbonyl (C=O) groups is 12. The molecule has 764 valence electrons. The van der Waals surface area contributed by atoms with Gasteiger partial charge in [-0.25, -0.2) is 60.2 Å². The number of nitrogens with zero attached hydrogens (tertiary/aromatic N) is 2. The van der Waals surface area contributed by atoms with Gasteiger partial charge in [0.05, 0.1) is 124 Å². The Morgan fingerprint density at radius 1 is 0.489 bits per heavy atom. The minimum absolute atomic E-state index is 0. The fourth-order valence-corrected chi connectivity index (χ4v) is 12.8. The maximum atomic E-state index is 12.6. The van der Waals surface area contributed by atoms with Crippen molar-refractivity contribution in [3.05, 3.63) is 94.2 Å². The van der Waals surface area contributed by atoms with Crippen molar-refractivity contribution in [2.45, 2.75) is 360 Å². The number of ether oxygens (including phenoxy) is 9. The SMILES string of the molecule is C.C=C(CC(=O)O)C(=O)OC1(CC)CCCC1.C=C(CC(=O)O)C(=O)OC1(CC)C[CH+]CC1.C=C(CC(=O)OC)C(=O)O.C=C(CC(=O)OC)C(=O)OC1(CC)CCCC1.C=C(CC(=O)OC)C(=O)OC1(CC)CCCC1.C=C(CC(=O)OCC(C)(F)F)C(=O)OC1(CC)CCCC1.CC(C)N=C=NC(C)C.CCC1(O)CCCC1.ClCCl.O=S(=O)([O-])CCO.O=S(Cl)Cl.[CH3+].[CH3+].[Na+].[OH-]. The third kappa shape index (κ3) is 73.9. The van der Waals surface area contributed by atoms with Gasteiger partial charge >= 0.3 is 101 Å². The fraction of sp³-hybridized carbons (Fsp3) is 0.692. The summed E-state index contributed by atoms with van der Waals surface area (Å²) in [7, 11) is 6.94. The molecule has 0 aromatic heterocycles. The summed E-state index contributed by atoms with van der Waals surface area (Å²) in [4.78, 5) is 141. The Labute approximate surface area is 832 Å². The Morgan fingerprint density at radius 3 is 0.910 bits per heavy atom. The Kier molecular flexibility index (Phi) is 86.9. The number of rotatable bonds is 35. The van der Waals surface area contributed by atoms with Crippen LogP contribution in [0.1, 0.15) is 308 Å². The number of aliphatic carboxylic acids is 3. The molecule has 0 saturated heterocycles. The largest absolute Gasteiger partial charge is 1.00 e. The van der Waals surface area contributed by atoms with Crippen molar-refractivity contribution >= 4 is 142 Å². The van der Waals surface area contributed by atoms with Crippen LogP contribution in [0.25, 0.3) is 0 Å². The monoisotopic (exact) mass is 2030 g/mol. The van der Waals surface area contributed by atoms with Gasteiger partial charge in [0.25, 0.3) is 5.92 Å². The van der Waals surface area contributed by atoms with E-state index in [0.29, 0.717) is 25.4 Å². The maximum absolute atomic E-state index is 12.6. The average molecular weight is 2040 g/mol. The Balaban J connectivity index is -0.000000160. The van der Waals surface area contributed by atoms with Crippen molar-refractivity contribution in [3.63, 3.8) is 0 Å². The molecule has 0 spiro atoms. The van der Waals surface area contributed by atoms with E-state index in [9.17, 15) is 84.4 Å². The molecule has 6 aliphatic rings. The first-order valence-corrected chi connectivity index (χ1v) is 47.6. The zero-order chi connectivity index (χ0) is 99.9. The summed E-state index contributed by atoms with van der Waals surface area (Å²) in [6.07, 6.45) is 27.7. The van der Waals surface area contributed by atoms with Crippen LogP contribution in [-0.2, 0) is 120 Å². The average Bonchev–Trinajstić information content (AvgIpc) is 1.76. The van der Waals surface area contributed by atoms with Gasteiger partial charge < -0.3 is 78.2 Å². The number of carboxylic acids is 3. The Morgan fingerprint density at radius 2 is 0.729 bits per heavy atom. The summed E-state index contributed by atoms with van der Waals surface area (Å²) in [5.74, 6) is -12.3. The standard InChI is InChI=1S/C15H22F2O4.2C13H20O4.C12H18O4.C12H16O4.C7H14N2.C7H14O.C6H8O4.C2H6O4S.CH2Cl2.CH4.2CH3.Cl2OS.Na.H2O/c1-4-15(7-5-6-8-15)21-13(19)11(2)9-12(18)20-10-14(3,16)17;2*1-4-13(7-5-6-8-13)17-12(15)10(2)9-11(14)16-3;2*1-3-12(6-4-5-7-12)16-11(15)9(2)8-10(13)14;1-6(2)8-5-9-7(3)4;1-2-7(8)5-3-4-6-7;1-4(6(8)9)3-5(7)10-2;3-1-2-7(4,5)6;2-1-3;;;;1-4(2)3;;/h2,4-10H2,1,3H3;2*2,4-9H2,1,3H3;2-8H2,1H3,(H,13,14);4H,2-3,5-8H2,1H3;6-7H,1-4H3;8H,2-6H2,1H3;1,3H2,2H3,(H,8,9);3H,1-2H2,(H,4,5,6);1H2;1H4;2*1H3;;;1H2/q;;;;;;;;;;;2*+1;;+1;/p-1. The van der Waals surface area contributed by atoms with Crippen LogP contribution in [-0.4, -0.2) is 223 Å². The van der Waals surface area contributed by atoms with Gasteiger partial charge in [0.2, 0.25) is 9.23 Å². The molecule has 0 heterocycles. The van der Waals surface area contributed by atoms with Crippen LogP contribution in [0.15, 0.2) is 82.9 Å². The molecule has 1 atom stereocenters. The molecular weight excluding hydrogens is 1880 g/mol. The van der Waals surface area contributed by atoms with Gasteiger partial charge in [-0.15, -0.1) is 23.2 Å². The first-order chi connectivity index (χ1) is 59.4. The van der Waals surface area contributed by atoms with E-state index in [1.165, 1.54) is 34.2 Å². The van der Waals surface area contributed by atoms with E-state index in [1.807, 2.05) is 62.3 Å². The van der Waals surface area contributed by atoms with Gasteiger partial charge in [-0.2, -0.15) is 0 Å². The summed E-state index contributed by atoms with van der Waals surface area (Å²) >= 11 is 9.53. The van der Waals surface area contributed by atoms with Crippen molar-refractivity contribution < 1.29 is 187 Å². The first-order valence-electron chi connectivity index (χ1n) is 42.1. The number of halogens is 6. The minimum atomic E-state index is -4.17. The summed E-state index contributed by atoms with van der Waals surface area (Å²) in [6.45, 7) is 39.7. The second kappa shape index (κ2) is 79.0. The number of hydrogen-bond donors (Lipinski definition) is 5. The molecule has 6 rings (SSSR count). The molecule has 0 amide bonds. The molecule has 0 aromatic rings. The fourth-order valence-electron chi connectivity index (χ4n) is 12.6. The Hall–Kier alpha value is -6.97. The summed E-state index contributed by atoms with van der Waals surface area (Å²) < 4.78 is 108. The van der Waals surface area contributed by atoms with Crippen LogP contribution in [0.2, 0.25) is 0 Å². The molecule has 0 aromatic carbocycles. The molecule has 6 aliphatic carbocycles. The number of esters is 9. The third-order valence-electron chi connectivity index (χ3n) is 20.4. The predicted octanol–water partition coefficient (Wildman–Crippen LogP) is 15.7. The molecule has 0 radical (unpaired) electrons. The van der Waals surface area contributed by atoms with Crippen molar-refractivity contribution in [1.82, 2.24) is 0 Å². The van der Waals surface area contributed by atoms with Crippen LogP contribution < -0.4 is 29.6 Å².